The van der Waals surface area contributed by atoms with Gasteiger partial charge in [-0.05, 0) is 25.7 Å². The summed E-state index contributed by atoms with van der Waals surface area (Å²) in [5, 5.41) is 2.96. The maximum absolute atomic E-state index is 11.8. The summed E-state index contributed by atoms with van der Waals surface area (Å²) in [5.41, 5.74) is 5.81. The molecule has 0 saturated heterocycles. The Hall–Kier alpha value is -1.85. The van der Waals surface area contributed by atoms with Crippen molar-refractivity contribution in [3.8, 4) is 0 Å². The lowest BCUT2D eigenvalue weighted by atomic mass is 10.3. The minimum Gasteiger partial charge on any atom is -0.384 e. The summed E-state index contributed by atoms with van der Waals surface area (Å²) in [6, 6.07) is 2.11. The molecule has 0 spiro atoms. The molecule has 3 N–H and O–H groups in total. The lowest BCUT2D eigenvalue weighted by molar-refractivity contribution is -0.119. The number of hydrogen-bond acceptors (Lipinski definition) is 5. The van der Waals surface area contributed by atoms with Gasteiger partial charge in [-0.3, -0.25) is 4.79 Å². The maximum atomic E-state index is 11.8. The zero-order chi connectivity index (χ0) is 13.4. The number of aromatic nitrogens is 2. The molecule has 6 nitrogen and oxygen atoms in total. The third-order valence-corrected chi connectivity index (χ3v) is 3.41. The van der Waals surface area contributed by atoms with E-state index in [1.54, 1.807) is 6.07 Å². The van der Waals surface area contributed by atoms with Crippen molar-refractivity contribution in [3.05, 3.63) is 11.9 Å². The first-order valence-corrected chi connectivity index (χ1v) is 6.77. The van der Waals surface area contributed by atoms with Crippen molar-refractivity contribution < 1.29 is 4.79 Å². The van der Waals surface area contributed by atoms with Crippen LogP contribution in [0.5, 0.6) is 0 Å². The van der Waals surface area contributed by atoms with Crippen molar-refractivity contribution in [2.75, 3.05) is 24.2 Å². The molecule has 1 aromatic rings. The molecular weight excluding hydrogens is 242 g/mol. The van der Waals surface area contributed by atoms with Crippen LogP contribution >= 0.6 is 0 Å². The molecule has 0 radical (unpaired) electrons. The van der Waals surface area contributed by atoms with E-state index in [4.69, 9.17) is 5.73 Å². The summed E-state index contributed by atoms with van der Waals surface area (Å²) >= 11 is 0. The zero-order valence-electron chi connectivity index (χ0n) is 11.1. The second-order valence-corrected chi connectivity index (χ2v) is 5.48. The van der Waals surface area contributed by atoms with Crippen molar-refractivity contribution in [1.82, 2.24) is 15.3 Å². The fourth-order valence-electron chi connectivity index (χ4n) is 1.99. The monoisotopic (exact) mass is 261 g/mol. The number of amides is 1. The number of likely N-dealkylation sites (N-methyl/N-ethyl adjacent to an activating group) is 1. The van der Waals surface area contributed by atoms with E-state index in [-0.39, 0.29) is 5.91 Å². The smallest absolute Gasteiger partial charge is 0.239 e. The normalized spacial score (nSPS) is 18.2. The molecule has 6 heteroatoms. The van der Waals surface area contributed by atoms with Crippen LogP contribution in [0.1, 0.15) is 37.4 Å². The highest BCUT2D eigenvalue weighted by molar-refractivity contribution is 5.81. The highest BCUT2D eigenvalue weighted by atomic mass is 16.2. The van der Waals surface area contributed by atoms with Gasteiger partial charge in [0.1, 0.15) is 17.5 Å². The Bertz CT molecular complexity index is 496. The van der Waals surface area contributed by atoms with Crippen LogP contribution in [0.2, 0.25) is 0 Å². The van der Waals surface area contributed by atoms with Crippen molar-refractivity contribution in [2.24, 2.45) is 0 Å². The number of nitrogens with one attached hydrogen (secondary N) is 1. The molecule has 2 saturated carbocycles. The topological polar surface area (TPSA) is 84.1 Å². The number of anilines is 2. The van der Waals surface area contributed by atoms with E-state index in [1.807, 2.05) is 11.9 Å². The van der Waals surface area contributed by atoms with Gasteiger partial charge in [-0.15, -0.1) is 0 Å². The Labute approximate surface area is 112 Å². The molecule has 19 heavy (non-hydrogen) atoms. The molecule has 1 heterocycles. The summed E-state index contributed by atoms with van der Waals surface area (Å²) in [4.78, 5) is 22.3. The van der Waals surface area contributed by atoms with Crippen LogP contribution in [0.3, 0.4) is 0 Å². The molecule has 102 valence electrons. The number of carbonyl (C=O) groups is 1. The van der Waals surface area contributed by atoms with Crippen LogP contribution < -0.4 is 16.0 Å². The minimum atomic E-state index is 0.0372. The van der Waals surface area contributed by atoms with Gasteiger partial charge >= 0.3 is 0 Å². The number of rotatable bonds is 5. The van der Waals surface area contributed by atoms with E-state index >= 15 is 0 Å². The summed E-state index contributed by atoms with van der Waals surface area (Å²) in [6.07, 6.45) is 4.47. The molecule has 1 amide bonds. The van der Waals surface area contributed by atoms with Crippen LogP contribution in [0, 0.1) is 0 Å². The lowest BCUT2D eigenvalue weighted by Crippen LogP contribution is -2.36. The fourth-order valence-corrected chi connectivity index (χ4v) is 1.99. The summed E-state index contributed by atoms with van der Waals surface area (Å²) < 4.78 is 0. The van der Waals surface area contributed by atoms with Crippen LogP contribution in [-0.4, -0.2) is 35.5 Å². The molecule has 1 aromatic heterocycles. The Morgan fingerprint density at radius 3 is 2.79 bits per heavy atom. The second kappa shape index (κ2) is 4.68. The average Bonchev–Trinajstić information content (AvgIpc) is 3.22. The first-order valence-electron chi connectivity index (χ1n) is 6.77. The molecule has 3 rings (SSSR count). The Morgan fingerprint density at radius 1 is 1.42 bits per heavy atom. The summed E-state index contributed by atoms with van der Waals surface area (Å²) in [5.74, 6) is 2.50. The maximum Gasteiger partial charge on any atom is 0.239 e. The number of nitrogens with two attached hydrogens (primary N) is 1. The van der Waals surface area contributed by atoms with E-state index in [0.29, 0.717) is 24.3 Å². The Balaban J connectivity index is 1.67. The number of nitrogen functional groups attached to an aromatic ring is 1. The number of carbonyl (C=O) groups excluding carboxylic acids is 1. The second-order valence-electron chi connectivity index (χ2n) is 5.48. The van der Waals surface area contributed by atoms with Gasteiger partial charge in [-0.2, -0.15) is 0 Å². The van der Waals surface area contributed by atoms with Crippen molar-refractivity contribution in [1.29, 1.82) is 0 Å². The number of nitrogens with zero attached hydrogens (tertiary/aromatic N) is 3. The van der Waals surface area contributed by atoms with Gasteiger partial charge in [0.15, 0.2) is 0 Å². The number of hydrogen-bond donors (Lipinski definition) is 2. The summed E-state index contributed by atoms with van der Waals surface area (Å²) in [6.45, 7) is 0.303. The van der Waals surface area contributed by atoms with Gasteiger partial charge in [0.25, 0.3) is 0 Å². The molecule has 2 aliphatic rings. The predicted octanol–water partition coefficient (Wildman–Crippen LogP) is 0.651. The molecule has 0 bridgehead atoms. The largest absolute Gasteiger partial charge is 0.384 e. The SMILES string of the molecule is CN(CC(=O)NC1CC1)c1cc(N)nc(C2CC2)n1. The average molecular weight is 261 g/mol. The van der Waals surface area contributed by atoms with E-state index < -0.39 is 0 Å². The molecule has 0 aromatic carbocycles. The molecule has 0 aliphatic heterocycles. The van der Waals surface area contributed by atoms with Gasteiger partial charge in [-0.25, -0.2) is 9.97 Å². The van der Waals surface area contributed by atoms with Crippen molar-refractivity contribution in [2.45, 2.75) is 37.6 Å². The van der Waals surface area contributed by atoms with Gasteiger partial charge in [0.2, 0.25) is 5.91 Å². The standard InChI is InChI=1S/C13H19N5O/c1-18(7-12(19)15-9-4-5-9)11-6-10(14)16-13(17-11)8-2-3-8/h6,8-9H,2-5,7H2,1H3,(H,15,19)(H2,14,16,17). The first-order chi connectivity index (χ1) is 9.11. The third kappa shape index (κ3) is 3.13. The molecule has 2 fully saturated rings. The fraction of sp³-hybridized carbons (Fsp3) is 0.615. The van der Waals surface area contributed by atoms with E-state index in [2.05, 4.69) is 15.3 Å². The summed E-state index contributed by atoms with van der Waals surface area (Å²) in [7, 11) is 1.85. The van der Waals surface area contributed by atoms with Crippen LogP contribution in [0.15, 0.2) is 6.07 Å². The first kappa shape index (κ1) is 12.2. The predicted molar refractivity (Wildman–Crippen MR) is 72.9 cm³/mol. The lowest BCUT2D eigenvalue weighted by Gasteiger charge is -2.18. The van der Waals surface area contributed by atoms with Crippen LogP contribution in [0.25, 0.3) is 0 Å². The van der Waals surface area contributed by atoms with Gasteiger partial charge in [0, 0.05) is 25.1 Å². The van der Waals surface area contributed by atoms with Crippen LogP contribution in [-0.2, 0) is 4.79 Å². The highest BCUT2D eigenvalue weighted by Gasteiger charge is 2.28. The quantitative estimate of drug-likeness (QED) is 0.813. The zero-order valence-corrected chi connectivity index (χ0v) is 11.1. The third-order valence-electron chi connectivity index (χ3n) is 3.41. The molecule has 0 atom stereocenters. The molecular formula is C13H19N5O. The minimum absolute atomic E-state index is 0.0372. The Morgan fingerprint density at radius 2 is 2.16 bits per heavy atom. The Kier molecular flexibility index (Phi) is 3.00. The molecule has 2 aliphatic carbocycles. The van der Waals surface area contributed by atoms with E-state index in [9.17, 15) is 4.79 Å². The molecule has 0 unspecified atom stereocenters. The highest BCUT2D eigenvalue weighted by Crippen LogP contribution is 2.38. The van der Waals surface area contributed by atoms with Crippen molar-refractivity contribution >= 4 is 17.5 Å². The van der Waals surface area contributed by atoms with Crippen LogP contribution in [0.4, 0.5) is 11.6 Å². The van der Waals surface area contributed by atoms with Gasteiger partial charge in [0.05, 0.1) is 6.54 Å². The van der Waals surface area contributed by atoms with Crippen molar-refractivity contribution in [3.63, 3.8) is 0 Å². The van der Waals surface area contributed by atoms with Gasteiger partial charge in [-0.1, -0.05) is 0 Å². The van der Waals surface area contributed by atoms with E-state index in [0.717, 1.165) is 37.3 Å². The van der Waals surface area contributed by atoms with Gasteiger partial charge < -0.3 is 16.0 Å². The van der Waals surface area contributed by atoms with E-state index in [1.165, 1.54) is 0 Å².